The van der Waals surface area contributed by atoms with E-state index in [1.807, 2.05) is 67.6 Å². The second-order valence-electron chi connectivity index (χ2n) is 7.42. The molecule has 0 radical (unpaired) electrons. The molecule has 0 bridgehead atoms. The van der Waals surface area contributed by atoms with Crippen molar-refractivity contribution in [2.45, 2.75) is 18.4 Å². The van der Waals surface area contributed by atoms with Gasteiger partial charge in [0.25, 0.3) is 0 Å². The predicted octanol–water partition coefficient (Wildman–Crippen LogP) is 5.18. The Kier molecular flexibility index (Phi) is 4.18. The highest BCUT2D eigenvalue weighted by molar-refractivity contribution is 6.30. The van der Waals surface area contributed by atoms with Crippen LogP contribution in [-0.4, -0.2) is 23.7 Å². The number of carbonyl (C=O) groups excluding carboxylic acids is 1. The Balaban J connectivity index is 1.65. The maximum absolute atomic E-state index is 13.6. The lowest BCUT2D eigenvalue weighted by atomic mass is 9.73. The second-order valence-corrected chi connectivity index (χ2v) is 7.86. The van der Waals surface area contributed by atoms with Crippen LogP contribution >= 0.6 is 11.6 Å². The Hall–Kier alpha value is -3.11. The molecule has 0 aliphatic carbocycles. The molecule has 0 amide bonds. The molecular weight excluding hydrogens is 386 g/mol. The van der Waals surface area contributed by atoms with E-state index >= 15 is 0 Å². The van der Waals surface area contributed by atoms with Crippen LogP contribution in [0.4, 0.5) is 0 Å². The number of para-hydroxylation sites is 1. The molecule has 2 atom stereocenters. The van der Waals surface area contributed by atoms with Crippen LogP contribution in [0.25, 0.3) is 0 Å². The average Bonchev–Trinajstić information content (AvgIpc) is 3.12. The van der Waals surface area contributed by atoms with E-state index in [1.54, 1.807) is 12.1 Å². The number of carbonyl (C=O) groups is 1. The number of oxime groups is 1. The zero-order valence-electron chi connectivity index (χ0n) is 15.8. The van der Waals surface area contributed by atoms with Crippen molar-refractivity contribution in [3.63, 3.8) is 0 Å². The molecule has 3 aromatic rings. The number of nitrogens with zero attached hydrogens (tertiary/aromatic N) is 1. The largest absolute Gasteiger partial charge is 0.488 e. The summed E-state index contributed by atoms with van der Waals surface area (Å²) in [5.41, 5.74) is 2.94. The minimum Gasteiger partial charge on any atom is -0.488 e. The molecule has 0 fully saturated rings. The highest BCUT2D eigenvalue weighted by atomic mass is 35.5. The van der Waals surface area contributed by atoms with Gasteiger partial charge in [-0.25, -0.2) is 0 Å². The Morgan fingerprint density at radius 1 is 1.00 bits per heavy atom. The first-order chi connectivity index (χ1) is 14.1. The first-order valence-electron chi connectivity index (χ1n) is 9.44. The fourth-order valence-electron chi connectivity index (χ4n) is 4.02. The number of benzene rings is 3. The number of halogens is 1. The van der Waals surface area contributed by atoms with E-state index in [4.69, 9.17) is 21.2 Å². The molecule has 3 aromatic carbocycles. The predicted molar refractivity (Wildman–Crippen MR) is 112 cm³/mol. The molecule has 29 heavy (non-hydrogen) atoms. The summed E-state index contributed by atoms with van der Waals surface area (Å²) in [5, 5.41) is 5.03. The quantitative estimate of drug-likeness (QED) is 0.592. The Labute approximate surface area is 173 Å². The molecule has 2 aliphatic rings. The Bertz CT molecular complexity index is 1120. The number of fused-ring (bicyclic) bond motifs is 1. The average molecular weight is 404 g/mol. The number of ether oxygens (including phenoxy) is 1. The van der Waals surface area contributed by atoms with E-state index in [9.17, 15) is 4.79 Å². The molecule has 5 heteroatoms. The fourth-order valence-corrected chi connectivity index (χ4v) is 4.15. The zero-order valence-corrected chi connectivity index (χ0v) is 16.5. The third kappa shape index (κ3) is 2.83. The van der Waals surface area contributed by atoms with Crippen molar-refractivity contribution < 1.29 is 14.4 Å². The van der Waals surface area contributed by atoms with E-state index in [1.165, 1.54) is 0 Å². The smallest absolute Gasteiger partial charge is 0.245 e. The van der Waals surface area contributed by atoms with Crippen molar-refractivity contribution in [3.8, 4) is 5.75 Å². The monoisotopic (exact) mass is 403 g/mol. The molecule has 4 nitrogen and oxygen atoms in total. The molecule has 2 aliphatic heterocycles. The molecular formula is C24H18ClNO3. The van der Waals surface area contributed by atoms with Crippen molar-refractivity contribution >= 4 is 23.1 Å². The third-order valence-corrected chi connectivity index (χ3v) is 5.81. The van der Waals surface area contributed by atoms with Crippen LogP contribution in [-0.2, 0) is 4.84 Å². The number of rotatable bonds is 2. The SMILES string of the molecule is Cc1ccc(C2C(c3ccc(Cl)cc3)=NOC23COc2ccccc2C3=O)cc1. The summed E-state index contributed by atoms with van der Waals surface area (Å²) in [6.07, 6.45) is 0. The van der Waals surface area contributed by atoms with Gasteiger partial charge in [0, 0.05) is 10.6 Å². The van der Waals surface area contributed by atoms with Gasteiger partial charge in [0.05, 0.1) is 17.2 Å². The maximum atomic E-state index is 13.6. The van der Waals surface area contributed by atoms with Gasteiger partial charge in [-0.05, 0) is 36.8 Å². The van der Waals surface area contributed by atoms with Crippen LogP contribution in [0.15, 0.2) is 78.0 Å². The van der Waals surface area contributed by atoms with Gasteiger partial charge in [0.2, 0.25) is 11.4 Å². The summed E-state index contributed by atoms with van der Waals surface area (Å²) in [6, 6.07) is 22.8. The third-order valence-electron chi connectivity index (χ3n) is 5.56. The standard InChI is InChI=1S/C24H18ClNO3/c1-15-6-8-16(9-7-15)21-22(17-10-12-18(25)13-11-17)26-29-24(21)14-28-20-5-3-2-4-19(20)23(24)27/h2-13,21H,14H2,1H3. The number of Topliss-reactive ketones (excluding diaryl/α,β-unsaturated/α-hetero) is 1. The minimum atomic E-state index is -1.24. The Morgan fingerprint density at radius 2 is 1.72 bits per heavy atom. The van der Waals surface area contributed by atoms with Crippen LogP contribution in [0, 0.1) is 6.92 Å². The molecule has 2 heterocycles. The van der Waals surface area contributed by atoms with Crippen molar-refractivity contribution in [1.29, 1.82) is 0 Å². The highest BCUT2D eigenvalue weighted by Crippen LogP contribution is 2.46. The molecule has 5 rings (SSSR count). The number of hydrogen-bond acceptors (Lipinski definition) is 4. The normalized spacial score (nSPS) is 22.6. The first-order valence-corrected chi connectivity index (χ1v) is 9.81. The molecule has 0 saturated carbocycles. The van der Waals surface area contributed by atoms with Crippen LogP contribution < -0.4 is 4.74 Å². The van der Waals surface area contributed by atoms with E-state index in [2.05, 4.69) is 5.16 Å². The van der Waals surface area contributed by atoms with Gasteiger partial charge in [-0.1, -0.05) is 70.9 Å². The molecule has 1 spiro atoms. The van der Waals surface area contributed by atoms with Gasteiger partial charge < -0.3 is 9.57 Å². The summed E-state index contributed by atoms with van der Waals surface area (Å²) in [4.78, 5) is 19.5. The molecule has 0 aromatic heterocycles. The molecule has 2 unspecified atom stereocenters. The van der Waals surface area contributed by atoms with Crippen LogP contribution in [0.2, 0.25) is 5.02 Å². The number of ketones is 1. The van der Waals surface area contributed by atoms with E-state index < -0.39 is 11.5 Å². The van der Waals surface area contributed by atoms with Gasteiger partial charge in [-0.2, -0.15) is 0 Å². The van der Waals surface area contributed by atoms with E-state index in [0.29, 0.717) is 22.0 Å². The lowest BCUT2D eigenvalue weighted by Gasteiger charge is -2.35. The van der Waals surface area contributed by atoms with Gasteiger partial charge in [0.1, 0.15) is 12.4 Å². The fraction of sp³-hybridized carbons (Fsp3) is 0.167. The summed E-state index contributed by atoms with van der Waals surface area (Å²) in [7, 11) is 0. The van der Waals surface area contributed by atoms with Gasteiger partial charge in [0.15, 0.2) is 0 Å². The lowest BCUT2D eigenvalue weighted by molar-refractivity contribution is -0.0431. The minimum absolute atomic E-state index is 0.0992. The van der Waals surface area contributed by atoms with E-state index in [-0.39, 0.29) is 12.4 Å². The number of hydrogen-bond donors (Lipinski definition) is 0. The maximum Gasteiger partial charge on any atom is 0.245 e. The zero-order chi connectivity index (χ0) is 20.0. The summed E-state index contributed by atoms with van der Waals surface area (Å²) in [5.74, 6) is 0.0668. The van der Waals surface area contributed by atoms with E-state index in [0.717, 1.165) is 16.7 Å². The highest BCUT2D eigenvalue weighted by Gasteiger charge is 2.58. The Morgan fingerprint density at radius 3 is 2.48 bits per heavy atom. The summed E-state index contributed by atoms with van der Waals surface area (Å²) >= 11 is 6.07. The summed E-state index contributed by atoms with van der Waals surface area (Å²) < 4.78 is 5.97. The molecule has 0 N–H and O–H groups in total. The van der Waals surface area contributed by atoms with Crippen molar-refractivity contribution in [3.05, 3.63) is 100 Å². The van der Waals surface area contributed by atoms with Crippen molar-refractivity contribution in [2.24, 2.45) is 5.16 Å². The van der Waals surface area contributed by atoms with Gasteiger partial charge in [-0.15, -0.1) is 0 Å². The topological polar surface area (TPSA) is 47.9 Å². The molecule has 0 saturated heterocycles. The first kappa shape index (κ1) is 18.0. The van der Waals surface area contributed by atoms with Crippen LogP contribution in [0.1, 0.15) is 33.0 Å². The van der Waals surface area contributed by atoms with Crippen molar-refractivity contribution in [1.82, 2.24) is 0 Å². The number of aryl methyl sites for hydroxylation is 1. The van der Waals surface area contributed by atoms with Crippen molar-refractivity contribution in [2.75, 3.05) is 6.61 Å². The molecule has 144 valence electrons. The van der Waals surface area contributed by atoms with Crippen LogP contribution in [0.5, 0.6) is 5.75 Å². The summed E-state index contributed by atoms with van der Waals surface area (Å²) in [6.45, 7) is 2.13. The van der Waals surface area contributed by atoms with Crippen LogP contribution in [0.3, 0.4) is 0 Å². The van der Waals surface area contributed by atoms with Gasteiger partial charge >= 0.3 is 0 Å². The second kappa shape index (κ2) is 6.75. The lowest BCUT2D eigenvalue weighted by Crippen LogP contribution is -2.52. The van der Waals surface area contributed by atoms with Gasteiger partial charge in [-0.3, -0.25) is 4.79 Å².